The molecule has 3 rings (SSSR count). The number of nitrogens with zero attached hydrogens (tertiary/aromatic N) is 1. The van der Waals surface area contributed by atoms with Crippen molar-refractivity contribution >= 4 is 15.5 Å². The lowest BCUT2D eigenvalue weighted by molar-refractivity contribution is 0.597. The lowest BCUT2D eigenvalue weighted by Crippen LogP contribution is -2.26. The Labute approximate surface area is 127 Å². The average Bonchev–Trinajstić information content (AvgIpc) is 3.25. The molecule has 4 nitrogen and oxygen atoms in total. The normalized spacial score (nSPS) is 22.0. The van der Waals surface area contributed by atoms with Crippen LogP contribution < -0.4 is 10.2 Å². The van der Waals surface area contributed by atoms with Crippen molar-refractivity contribution in [2.45, 2.75) is 38.8 Å². The number of rotatable bonds is 4. The molecule has 1 aromatic carbocycles. The quantitative estimate of drug-likeness (QED) is 0.922. The molecule has 1 aliphatic carbocycles. The Morgan fingerprint density at radius 1 is 1.24 bits per heavy atom. The number of anilines is 1. The molecule has 2 aliphatic rings. The van der Waals surface area contributed by atoms with Gasteiger partial charge in [0.2, 0.25) is 0 Å². The molecule has 1 saturated carbocycles. The minimum atomic E-state index is -2.84. The van der Waals surface area contributed by atoms with Crippen molar-refractivity contribution in [2.24, 2.45) is 0 Å². The molecule has 0 unspecified atom stereocenters. The van der Waals surface area contributed by atoms with E-state index in [4.69, 9.17) is 0 Å². The first-order chi connectivity index (χ1) is 10.0. The molecule has 1 N–H and O–H groups in total. The lowest BCUT2D eigenvalue weighted by atomic mass is 10.1. The topological polar surface area (TPSA) is 49.4 Å². The summed E-state index contributed by atoms with van der Waals surface area (Å²) >= 11 is 0. The van der Waals surface area contributed by atoms with Crippen molar-refractivity contribution in [3.63, 3.8) is 0 Å². The van der Waals surface area contributed by atoms with Crippen LogP contribution in [0.1, 0.15) is 30.4 Å². The fraction of sp³-hybridized carbons (Fsp3) is 0.625. The third-order valence-corrected chi connectivity index (χ3v) is 6.12. The number of nitrogens with one attached hydrogen (secondary N) is 1. The van der Waals surface area contributed by atoms with E-state index in [1.165, 1.54) is 24.0 Å². The second-order valence-corrected chi connectivity index (χ2v) is 8.56. The summed E-state index contributed by atoms with van der Waals surface area (Å²) in [6.45, 7) is 4.52. The molecule has 1 aliphatic heterocycles. The van der Waals surface area contributed by atoms with Gasteiger partial charge in [0.25, 0.3) is 0 Å². The van der Waals surface area contributed by atoms with Crippen molar-refractivity contribution < 1.29 is 8.42 Å². The highest BCUT2D eigenvalue weighted by Gasteiger charge is 2.21. The molecule has 0 aromatic heterocycles. The summed E-state index contributed by atoms with van der Waals surface area (Å²) in [5.41, 5.74) is 3.78. The van der Waals surface area contributed by atoms with Gasteiger partial charge in [-0.15, -0.1) is 0 Å². The molecular weight excluding hydrogens is 284 g/mol. The van der Waals surface area contributed by atoms with E-state index in [0.29, 0.717) is 12.3 Å². The van der Waals surface area contributed by atoms with Crippen LogP contribution in [0.2, 0.25) is 0 Å². The zero-order valence-electron chi connectivity index (χ0n) is 12.6. The molecule has 0 radical (unpaired) electrons. The number of sulfone groups is 1. The summed E-state index contributed by atoms with van der Waals surface area (Å²) in [6.07, 6.45) is 3.34. The van der Waals surface area contributed by atoms with Crippen molar-refractivity contribution in [3.05, 3.63) is 29.3 Å². The zero-order chi connectivity index (χ0) is 14.9. The average molecular weight is 308 g/mol. The van der Waals surface area contributed by atoms with Crippen LogP contribution >= 0.6 is 0 Å². The number of hydrogen-bond donors (Lipinski definition) is 1. The van der Waals surface area contributed by atoms with Gasteiger partial charge >= 0.3 is 0 Å². The Morgan fingerprint density at radius 2 is 2.05 bits per heavy atom. The molecular formula is C16H24N2O2S. The van der Waals surface area contributed by atoms with Gasteiger partial charge in [0, 0.05) is 31.4 Å². The van der Waals surface area contributed by atoms with Crippen LogP contribution in [0.4, 0.5) is 5.69 Å². The van der Waals surface area contributed by atoms with E-state index < -0.39 is 9.84 Å². The molecule has 0 atom stereocenters. The zero-order valence-corrected chi connectivity index (χ0v) is 13.5. The van der Waals surface area contributed by atoms with E-state index in [9.17, 15) is 8.42 Å². The Balaban J connectivity index is 1.68. The Hall–Kier alpha value is -1.07. The van der Waals surface area contributed by atoms with Crippen LogP contribution in [0.25, 0.3) is 0 Å². The van der Waals surface area contributed by atoms with Crippen LogP contribution in [0.15, 0.2) is 18.2 Å². The SMILES string of the molecule is Cc1cc(N2CCCS(=O)(=O)CC2)ccc1CNC1CC1. The minimum absolute atomic E-state index is 0.275. The Bertz CT molecular complexity index is 609. The summed E-state index contributed by atoms with van der Waals surface area (Å²) in [5, 5.41) is 3.54. The van der Waals surface area contributed by atoms with Crippen molar-refractivity contribution in [2.75, 3.05) is 29.5 Å². The molecule has 0 spiro atoms. The van der Waals surface area contributed by atoms with Gasteiger partial charge in [-0.1, -0.05) is 6.07 Å². The van der Waals surface area contributed by atoms with E-state index in [2.05, 4.69) is 35.3 Å². The second kappa shape index (κ2) is 5.97. The van der Waals surface area contributed by atoms with Gasteiger partial charge < -0.3 is 10.2 Å². The Morgan fingerprint density at radius 3 is 2.76 bits per heavy atom. The third kappa shape index (κ3) is 3.98. The van der Waals surface area contributed by atoms with Gasteiger partial charge in [-0.25, -0.2) is 8.42 Å². The standard InChI is InChI=1S/C16H24N2O2S/c1-13-11-16(6-3-14(13)12-17-15-4-5-15)18-7-2-9-21(19,20)10-8-18/h3,6,11,15,17H,2,4-5,7-10,12H2,1H3. The molecule has 1 saturated heterocycles. The largest absolute Gasteiger partial charge is 0.370 e. The molecule has 21 heavy (non-hydrogen) atoms. The van der Waals surface area contributed by atoms with Gasteiger partial charge in [-0.3, -0.25) is 0 Å². The van der Waals surface area contributed by atoms with E-state index >= 15 is 0 Å². The van der Waals surface area contributed by atoms with Gasteiger partial charge in [-0.2, -0.15) is 0 Å². The molecule has 1 aromatic rings. The number of benzene rings is 1. The van der Waals surface area contributed by atoms with Crippen LogP contribution in [0.3, 0.4) is 0 Å². The highest BCUT2D eigenvalue weighted by molar-refractivity contribution is 7.91. The Kier molecular flexibility index (Phi) is 4.22. The maximum Gasteiger partial charge on any atom is 0.152 e. The second-order valence-electron chi connectivity index (χ2n) is 6.26. The minimum Gasteiger partial charge on any atom is -0.370 e. The predicted molar refractivity (Wildman–Crippen MR) is 86.5 cm³/mol. The third-order valence-electron chi connectivity index (χ3n) is 4.41. The van der Waals surface area contributed by atoms with E-state index in [1.807, 2.05) is 0 Å². The summed E-state index contributed by atoms with van der Waals surface area (Å²) in [7, 11) is -2.84. The highest BCUT2D eigenvalue weighted by atomic mass is 32.2. The summed E-state index contributed by atoms with van der Waals surface area (Å²) < 4.78 is 23.4. The molecule has 2 fully saturated rings. The lowest BCUT2D eigenvalue weighted by Gasteiger charge is -2.23. The van der Waals surface area contributed by atoms with Crippen LogP contribution in [0.5, 0.6) is 0 Å². The van der Waals surface area contributed by atoms with Crippen LogP contribution in [-0.2, 0) is 16.4 Å². The summed E-state index contributed by atoms with van der Waals surface area (Å²) in [5.74, 6) is 0.600. The van der Waals surface area contributed by atoms with Gasteiger partial charge in [-0.05, 0) is 49.4 Å². The first kappa shape index (κ1) is 14.9. The molecule has 0 bridgehead atoms. The fourth-order valence-corrected chi connectivity index (χ4v) is 4.09. The van der Waals surface area contributed by atoms with Crippen LogP contribution in [-0.4, -0.2) is 39.1 Å². The van der Waals surface area contributed by atoms with Crippen LogP contribution in [0, 0.1) is 6.92 Å². The van der Waals surface area contributed by atoms with Gasteiger partial charge in [0.1, 0.15) is 0 Å². The fourth-order valence-electron chi connectivity index (χ4n) is 2.81. The van der Waals surface area contributed by atoms with Gasteiger partial charge in [0.05, 0.1) is 11.5 Å². The molecule has 1 heterocycles. The van der Waals surface area contributed by atoms with E-state index in [0.717, 1.165) is 31.2 Å². The summed E-state index contributed by atoms with van der Waals surface area (Å²) in [6, 6.07) is 7.23. The maximum atomic E-state index is 11.7. The van der Waals surface area contributed by atoms with Gasteiger partial charge in [0.15, 0.2) is 9.84 Å². The smallest absolute Gasteiger partial charge is 0.152 e. The highest BCUT2D eigenvalue weighted by Crippen LogP contribution is 2.23. The molecule has 116 valence electrons. The van der Waals surface area contributed by atoms with E-state index in [-0.39, 0.29) is 5.75 Å². The monoisotopic (exact) mass is 308 g/mol. The van der Waals surface area contributed by atoms with E-state index in [1.54, 1.807) is 0 Å². The van der Waals surface area contributed by atoms with Crippen molar-refractivity contribution in [1.82, 2.24) is 5.32 Å². The molecule has 5 heteroatoms. The first-order valence-corrected chi connectivity index (χ1v) is 9.64. The predicted octanol–water partition coefficient (Wildman–Crippen LogP) is 1.87. The maximum absolute atomic E-state index is 11.7. The van der Waals surface area contributed by atoms with Crippen molar-refractivity contribution in [3.8, 4) is 0 Å². The number of hydrogen-bond acceptors (Lipinski definition) is 4. The first-order valence-electron chi connectivity index (χ1n) is 7.82. The summed E-state index contributed by atoms with van der Waals surface area (Å²) in [4.78, 5) is 2.20. The number of aryl methyl sites for hydroxylation is 1. The van der Waals surface area contributed by atoms with Crippen molar-refractivity contribution in [1.29, 1.82) is 0 Å². The molecule has 0 amide bonds.